The highest BCUT2D eigenvalue weighted by Gasteiger charge is 2.25. The molecule has 0 spiro atoms. The number of rotatable bonds is 2. The predicted molar refractivity (Wildman–Crippen MR) is 60.4 cm³/mol. The molecule has 0 amide bonds. The van der Waals surface area contributed by atoms with E-state index >= 15 is 0 Å². The molecule has 0 bridgehead atoms. The molecule has 6 nitrogen and oxygen atoms in total. The lowest BCUT2D eigenvalue weighted by atomic mass is 10.0. The van der Waals surface area contributed by atoms with Crippen LogP contribution in [-0.2, 0) is 6.54 Å². The smallest absolute Gasteiger partial charge is 0.165 e. The van der Waals surface area contributed by atoms with Crippen molar-refractivity contribution in [3.63, 3.8) is 0 Å². The minimum atomic E-state index is 0.119. The van der Waals surface area contributed by atoms with Crippen molar-refractivity contribution in [1.29, 1.82) is 0 Å². The number of para-hydroxylation sites is 1. The molecule has 17 heavy (non-hydrogen) atoms. The predicted octanol–water partition coefficient (Wildman–Crippen LogP) is 0.504. The van der Waals surface area contributed by atoms with Gasteiger partial charge in [0.05, 0.1) is 19.2 Å². The number of nitrogens with two attached hydrogens (primary N) is 1. The Labute approximate surface area is 98.4 Å². The molecule has 0 saturated heterocycles. The molecule has 0 radical (unpaired) electrons. The molecule has 1 atom stereocenters. The molecule has 2 N–H and O–H groups in total. The summed E-state index contributed by atoms with van der Waals surface area (Å²) in [5, 5.41) is 11.6. The van der Waals surface area contributed by atoms with Gasteiger partial charge in [-0.2, -0.15) is 0 Å². The van der Waals surface area contributed by atoms with E-state index in [9.17, 15) is 0 Å². The molecule has 2 heterocycles. The van der Waals surface area contributed by atoms with E-state index in [4.69, 9.17) is 10.5 Å². The van der Waals surface area contributed by atoms with Crippen molar-refractivity contribution >= 4 is 0 Å². The average molecular weight is 231 g/mol. The number of benzene rings is 1. The summed E-state index contributed by atoms with van der Waals surface area (Å²) in [6.07, 6.45) is 0.856. The molecular weight excluding hydrogens is 218 g/mol. The zero-order valence-electron chi connectivity index (χ0n) is 9.28. The van der Waals surface area contributed by atoms with Gasteiger partial charge in [-0.05, 0) is 16.5 Å². The standard InChI is InChI=1S/C11H13N5O/c12-7-11-13-14-15-16(11)9-5-6-17-10-4-2-1-3-8(9)10/h1-4,9H,5-7,12H2. The molecule has 1 aliphatic heterocycles. The highest BCUT2D eigenvalue weighted by molar-refractivity contribution is 5.37. The van der Waals surface area contributed by atoms with Crippen molar-refractivity contribution in [2.45, 2.75) is 19.0 Å². The van der Waals surface area contributed by atoms with Gasteiger partial charge in [0.1, 0.15) is 5.75 Å². The van der Waals surface area contributed by atoms with Crippen LogP contribution in [0.5, 0.6) is 5.75 Å². The molecule has 1 aromatic heterocycles. The highest BCUT2D eigenvalue weighted by atomic mass is 16.5. The van der Waals surface area contributed by atoms with E-state index in [1.54, 1.807) is 4.68 Å². The Morgan fingerprint density at radius 2 is 2.29 bits per heavy atom. The number of aromatic nitrogens is 4. The van der Waals surface area contributed by atoms with Crippen LogP contribution in [0.15, 0.2) is 24.3 Å². The first-order chi connectivity index (χ1) is 8.40. The van der Waals surface area contributed by atoms with Gasteiger partial charge in [0, 0.05) is 12.0 Å². The van der Waals surface area contributed by atoms with Gasteiger partial charge >= 0.3 is 0 Å². The minimum Gasteiger partial charge on any atom is -0.493 e. The van der Waals surface area contributed by atoms with E-state index in [-0.39, 0.29) is 6.04 Å². The van der Waals surface area contributed by atoms with Gasteiger partial charge in [0.25, 0.3) is 0 Å². The molecule has 3 rings (SSSR count). The normalized spacial score (nSPS) is 18.5. The second-order valence-corrected chi connectivity index (χ2v) is 3.93. The van der Waals surface area contributed by atoms with Crippen molar-refractivity contribution in [2.24, 2.45) is 5.73 Å². The molecular formula is C11H13N5O. The third-order valence-electron chi connectivity index (χ3n) is 2.97. The maximum atomic E-state index is 5.63. The maximum absolute atomic E-state index is 5.63. The Balaban J connectivity index is 2.06. The van der Waals surface area contributed by atoms with Crippen molar-refractivity contribution in [1.82, 2.24) is 20.2 Å². The summed E-state index contributed by atoms with van der Waals surface area (Å²) in [5.41, 5.74) is 6.74. The lowest BCUT2D eigenvalue weighted by Gasteiger charge is -2.26. The van der Waals surface area contributed by atoms with E-state index in [1.807, 2.05) is 24.3 Å². The van der Waals surface area contributed by atoms with Gasteiger partial charge in [-0.25, -0.2) is 4.68 Å². The van der Waals surface area contributed by atoms with Gasteiger partial charge in [-0.3, -0.25) is 0 Å². The maximum Gasteiger partial charge on any atom is 0.165 e. The van der Waals surface area contributed by atoms with Crippen LogP contribution >= 0.6 is 0 Å². The summed E-state index contributed by atoms with van der Waals surface area (Å²) in [5.74, 6) is 1.61. The van der Waals surface area contributed by atoms with E-state index < -0.39 is 0 Å². The largest absolute Gasteiger partial charge is 0.493 e. The van der Waals surface area contributed by atoms with Crippen LogP contribution in [-0.4, -0.2) is 26.8 Å². The summed E-state index contributed by atoms with van der Waals surface area (Å²) in [6.45, 7) is 1.01. The Hall–Kier alpha value is -1.95. The number of hydrogen-bond acceptors (Lipinski definition) is 5. The lowest BCUT2D eigenvalue weighted by molar-refractivity contribution is 0.247. The van der Waals surface area contributed by atoms with Crippen LogP contribution in [0.2, 0.25) is 0 Å². The molecule has 0 aliphatic carbocycles. The first-order valence-electron chi connectivity index (χ1n) is 5.58. The van der Waals surface area contributed by atoms with Crippen molar-refractivity contribution < 1.29 is 4.74 Å². The van der Waals surface area contributed by atoms with Crippen molar-refractivity contribution in [2.75, 3.05) is 6.61 Å². The van der Waals surface area contributed by atoms with E-state index in [2.05, 4.69) is 15.5 Å². The zero-order valence-corrected chi connectivity index (χ0v) is 9.28. The first kappa shape index (κ1) is 10.2. The minimum absolute atomic E-state index is 0.119. The van der Waals surface area contributed by atoms with Crippen LogP contribution in [0, 0.1) is 0 Å². The fourth-order valence-corrected chi connectivity index (χ4v) is 2.17. The highest BCUT2D eigenvalue weighted by Crippen LogP contribution is 2.34. The average Bonchev–Trinajstić information content (AvgIpc) is 2.86. The number of hydrogen-bond donors (Lipinski definition) is 1. The second kappa shape index (κ2) is 4.14. The number of nitrogens with zero attached hydrogens (tertiary/aromatic N) is 4. The van der Waals surface area contributed by atoms with Gasteiger partial charge in [-0.15, -0.1) is 5.10 Å². The lowest BCUT2D eigenvalue weighted by Crippen LogP contribution is -2.23. The Bertz CT molecular complexity index is 524. The van der Waals surface area contributed by atoms with E-state index in [1.165, 1.54) is 0 Å². The summed E-state index contributed by atoms with van der Waals surface area (Å²) in [4.78, 5) is 0. The summed E-state index contributed by atoms with van der Waals surface area (Å²) < 4.78 is 7.41. The van der Waals surface area contributed by atoms with Crippen LogP contribution in [0.25, 0.3) is 0 Å². The zero-order chi connectivity index (χ0) is 11.7. The quantitative estimate of drug-likeness (QED) is 0.814. The van der Waals surface area contributed by atoms with Crippen molar-refractivity contribution in [3.8, 4) is 5.75 Å². The Kier molecular flexibility index (Phi) is 2.49. The van der Waals surface area contributed by atoms with Gasteiger partial charge < -0.3 is 10.5 Å². The fraction of sp³-hybridized carbons (Fsp3) is 0.364. The second-order valence-electron chi connectivity index (χ2n) is 3.93. The fourth-order valence-electron chi connectivity index (χ4n) is 2.17. The summed E-state index contributed by atoms with van der Waals surface area (Å²) in [7, 11) is 0. The number of fused-ring (bicyclic) bond motifs is 1. The van der Waals surface area contributed by atoms with E-state index in [0.29, 0.717) is 19.0 Å². The number of ether oxygens (including phenoxy) is 1. The van der Waals surface area contributed by atoms with Gasteiger partial charge in [-0.1, -0.05) is 18.2 Å². The summed E-state index contributed by atoms with van der Waals surface area (Å²) in [6, 6.07) is 8.08. The molecule has 0 saturated carbocycles. The molecule has 2 aromatic rings. The Morgan fingerprint density at radius 1 is 1.41 bits per heavy atom. The van der Waals surface area contributed by atoms with Crippen LogP contribution < -0.4 is 10.5 Å². The van der Waals surface area contributed by atoms with Crippen LogP contribution in [0.4, 0.5) is 0 Å². The van der Waals surface area contributed by atoms with E-state index in [0.717, 1.165) is 17.7 Å². The molecule has 0 fully saturated rings. The van der Waals surface area contributed by atoms with Crippen molar-refractivity contribution in [3.05, 3.63) is 35.7 Å². The first-order valence-corrected chi connectivity index (χ1v) is 5.58. The third-order valence-corrected chi connectivity index (χ3v) is 2.97. The summed E-state index contributed by atoms with van der Waals surface area (Å²) >= 11 is 0. The molecule has 88 valence electrons. The SMILES string of the molecule is NCc1nnnn1C1CCOc2ccccc21. The number of tetrazole rings is 1. The van der Waals surface area contributed by atoms with Gasteiger partial charge in [0.2, 0.25) is 0 Å². The third kappa shape index (κ3) is 1.66. The molecule has 1 unspecified atom stereocenters. The monoisotopic (exact) mass is 231 g/mol. The molecule has 1 aromatic carbocycles. The molecule has 6 heteroatoms. The van der Waals surface area contributed by atoms with Gasteiger partial charge in [0.15, 0.2) is 5.82 Å². The van der Waals surface area contributed by atoms with Crippen LogP contribution in [0.3, 0.4) is 0 Å². The topological polar surface area (TPSA) is 78.9 Å². The molecule has 1 aliphatic rings. The Morgan fingerprint density at radius 3 is 3.18 bits per heavy atom. The van der Waals surface area contributed by atoms with Crippen LogP contribution in [0.1, 0.15) is 23.9 Å².